The van der Waals surface area contributed by atoms with Crippen LogP contribution in [0, 0.1) is 10.1 Å². The molecule has 1 heterocycles. The van der Waals surface area contributed by atoms with Gasteiger partial charge >= 0.3 is 5.69 Å². The third-order valence-electron chi connectivity index (χ3n) is 4.76. The molecular formula is C20H23N3O5. The van der Waals surface area contributed by atoms with E-state index in [1.807, 2.05) is 30.3 Å². The van der Waals surface area contributed by atoms with Gasteiger partial charge in [0.25, 0.3) is 5.91 Å². The SMILES string of the molecule is COc1ccc(C(=O)NC[C@@H](c2ccccc2)N2CCOCC2)cc1[N+](=O)[O-]. The molecule has 2 aromatic carbocycles. The first kappa shape index (κ1) is 19.8. The number of amides is 1. The van der Waals surface area contributed by atoms with Crippen molar-refractivity contribution in [3.8, 4) is 5.75 Å². The molecule has 28 heavy (non-hydrogen) atoms. The van der Waals surface area contributed by atoms with Gasteiger partial charge < -0.3 is 14.8 Å². The third-order valence-corrected chi connectivity index (χ3v) is 4.76. The van der Waals surface area contributed by atoms with Crippen LogP contribution in [0.1, 0.15) is 22.0 Å². The molecule has 8 nitrogen and oxygen atoms in total. The van der Waals surface area contributed by atoms with Gasteiger partial charge in [-0.05, 0) is 17.7 Å². The molecule has 1 aliphatic heterocycles. The highest BCUT2D eigenvalue weighted by Crippen LogP contribution is 2.27. The fourth-order valence-corrected chi connectivity index (χ4v) is 3.29. The highest BCUT2D eigenvalue weighted by molar-refractivity contribution is 5.95. The molecule has 148 valence electrons. The van der Waals surface area contributed by atoms with Gasteiger partial charge in [-0.3, -0.25) is 19.8 Å². The quantitative estimate of drug-likeness (QED) is 0.581. The monoisotopic (exact) mass is 385 g/mol. The second-order valence-electron chi connectivity index (χ2n) is 6.43. The molecule has 0 bridgehead atoms. The summed E-state index contributed by atoms with van der Waals surface area (Å²) in [6.07, 6.45) is 0. The molecule has 0 radical (unpaired) electrons. The van der Waals surface area contributed by atoms with Gasteiger partial charge in [-0.2, -0.15) is 0 Å². The van der Waals surface area contributed by atoms with Crippen LogP contribution in [0.4, 0.5) is 5.69 Å². The predicted octanol–water partition coefficient (Wildman–Crippen LogP) is 2.41. The van der Waals surface area contributed by atoms with Crippen molar-refractivity contribution in [1.82, 2.24) is 10.2 Å². The van der Waals surface area contributed by atoms with E-state index in [1.165, 1.54) is 25.3 Å². The van der Waals surface area contributed by atoms with E-state index in [9.17, 15) is 14.9 Å². The molecule has 8 heteroatoms. The number of nitro benzene ring substituents is 1. The summed E-state index contributed by atoms with van der Waals surface area (Å²) in [7, 11) is 1.36. The maximum Gasteiger partial charge on any atom is 0.311 e. The molecule has 1 amide bonds. The lowest BCUT2D eigenvalue weighted by Crippen LogP contribution is -2.43. The summed E-state index contributed by atoms with van der Waals surface area (Å²) in [5, 5.41) is 14.1. The van der Waals surface area contributed by atoms with Gasteiger partial charge in [-0.25, -0.2) is 0 Å². The summed E-state index contributed by atoms with van der Waals surface area (Å²) in [6.45, 7) is 3.26. The van der Waals surface area contributed by atoms with E-state index >= 15 is 0 Å². The zero-order chi connectivity index (χ0) is 19.9. The lowest BCUT2D eigenvalue weighted by Gasteiger charge is -2.35. The van der Waals surface area contributed by atoms with Crippen molar-refractivity contribution in [3.05, 3.63) is 69.8 Å². The fourth-order valence-electron chi connectivity index (χ4n) is 3.29. The summed E-state index contributed by atoms with van der Waals surface area (Å²) in [6, 6.07) is 14.2. The number of methoxy groups -OCH3 is 1. The molecule has 0 saturated carbocycles. The zero-order valence-electron chi connectivity index (χ0n) is 15.7. The summed E-state index contributed by atoms with van der Waals surface area (Å²) in [4.78, 5) is 25.5. The Labute approximate surface area is 163 Å². The van der Waals surface area contributed by atoms with Crippen molar-refractivity contribution in [2.45, 2.75) is 6.04 Å². The van der Waals surface area contributed by atoms with E-state index < -0.39 is 4.92 Å². The van der Waals surface area contributed by atoms with Crippen LogP contribution in [0.3, 0.4) is 0 Å². The predicted molar refractivity (Wildman–Crippen MR) is 104 cm³/mol. The molecular weight excluding hydrogens is 362 g/mol. The van der Waals surface area contributed by atoms with Gasteiger partial charge in [0.2, 0.25) is 0 Å². The maximum absolute atomic E-state index is 12.6. The average molecular weight is 385 g/mol. The van der Waals surface area contributed by atoms with Crippen molar-refractivity contribution >= 4 is 11.6 Å². The van der Waals surface area contributed by atoms with Gasteiger partial charge in [-0.15, -0.1) is 0 Å². The molecule has 2 aromatic rings. The summed E-state index contributed by atoms with van der Waals surface area (Å²) in [5.41, 5.74) is 1.09. The number of hydrogen-bond acceptors (Lipinski definition) is 6. The Kier molecular flexibility index (Phi) is 6.57. The summed E-state index contributed by atoms with van der Waals surface area (Å²) in [5.74, 6) is -0.239. The molecule has 0 spiro atoms. The van der Waals surface area contributed by atoms with Gasteiger partial charge in [0.05, 0.1) is 31.3 Å². The Morgan fingerprint density at radius 2 is 1.96 bits per heavy atom. The number of morpholine rings is 1. The standard InChI is InChI=1S/C20H23N3O5/c1-27-19-8-7-16(13-17(19)23(25)26)20(24)21-14-18(15-5-3-2-4-6-15)22-9-11-28-12-10-22/h2-8,13,18H,9-12,14H2,1H3,(H,21,24)/t18-/m0/s1. The highest BCUT2D eigenvalue weighted by Gasteiger charge is 2.24. The number of ether oxygens (including phenoxy) is 2. The minimum absolute atomic E-state index is 0.00211. The van der Waals surface area contributed by atoms with E-state index in [2.05, 4.69) is 10.2 Å². The van der Waals surface area contributed by atoms with Crippen molar-refractivity contribution in [1.29, 1.82) is 0 Å². The van der Waals surface area contributed by atoms with Crippen molar-refractivity contribution in [2.24, 2.45) is 0 Å². The topological polar surface area (TPSA) is 93.9 Å². The van der Waals surface area contributed by atoms with Crippen LogP contribution < -0.4 is 10.1 Å². The van der Waals surface area contributed by atoms with Crippen molar-refractivity contribution in [2.75, 3.05) is 40.0 Å². The summed E-state index contributed by atoms with van der Waals surface area (Å²) < 4.78 is 10.4. The number of nitrogens with zero attached hydrogens (tertiary/aromatic N) is 2. The largest absolute Gasteiger partial charge is 0.490 e. The van der Waals surface area contributed by atoms with Gasteiger partial charge in [0.1, 0.15) is 0 Å². The first-order chi connectivity index (χ1) is 13.6. The van der Waals surface area contributed by atoms with Crippen LogP contribution in [0.25, 0.3) is 0 Å². The zero-order valence-corrected chi connectivity index (χ0v) is 15.7. The van der Waals surface area contributed by atoms with Crippen molar-refractivity contribution in [3.63, 3.8) is 0 Å². The van der Waals surface area contributed by atoms with Gasteiger partial charge in [-0.1, -0.05) is 30.3 Å². The van der Waals surface area contributed by atoms with E-state index in [0.717, 1.165) is 18.7 Å². The van der Waals surface area contributed by atoms with E-state index in [4.69, 9.17) is 9.47 Å². The lowest BCUT2D eigenvalue weighted by atomic mass is 10.0. The van der Waals surface area contributed by atoms with Crippen LogP contribution in [0.2, 0.25) is 0 Å². The van der Waals surface area contributed by atoms with Crippen LogP contribution >= 0.6 is 0 Å². The lowest BCUT2D eigenvalue weighted by molar-refractivity contribution is -0.385. The van der Waals surface area contributed by atoms with Gasteiger partial charge in [0, 0.05) is 31.3 Å². The number of nitro groups is 1. The Morgan fingerprint density at radius 1 is 1.25 bits per heavy atom. The molecule has 1 N–H and O–H groups in total. The van der Waals surface area contributed by atoms with Crippen LogP contribution in [-0.2, 0) is 4.74 Å². The molecule has 1 atom stereocenters. The van der Waals surface area contributed by atoms with Crippen LogP contribution in [0.5, 0.6) is 5.75 Å². The van der Waals surface area contributed by atoms with Crippen LogP contribution in [-0.4, -0.2) is 55.7 Å². The number of hydrogen-bond donors (Lipinski definition) is 1. The molecule has 0 aromatic heterocycles. The second kappa shape index (κ2) is 9.29. The molecule has 1 saturated heterocycles. The maximum atomic E-state index is 12.6. The average Bonchev–Trinajstić information content (AvgIpc) is 2.74. The highest BCUT2D eigenvalue weighted by atomic mass is 16.6. The van der Waals surface area contributed by atoms with Crippen LogP contribution in [0.15, 0.2) is 48.5 Å². The minimum atomic E-state index is -0.559. The first-order valence-corrected chi connectivity index (χ1v) is 9.07. The Morgan fingerprint density at radius 3 is 2.61 bits per heavy atom. The summed E-state index contributed by atoms with van der Waals surface area (Å²) >= 11 is 0. The molecule has 1 fully saturated rings. The third kappa shape index (κ3) is 4.65. The Bertz CT molecular complexity index is 822. The van der Waals surface area contributed by atoms with E-state index in [0.29, 0.717) is 19.8 Å². The smallest absolute Gasteiger partial charge is 0.311 e. The fraction of sp³-hybridized carbons (Fsp3) is 0.350. The molecule has 0 aliphatic carbocycles. The molecule has 0 unspecified atom stereocenters. The first-order valence-electron chi connectivity index (χ1n) is 9.07. The Hall–Kier alpha value is -2.97. The number of benzene rings is 2. The minimum Gasteiger partial charge on any atom is -0.490 e. The van der Waals surface area contributed by atoms with E-state index in [-0.39, 0.29) is 28.9 Å². The number of carbonyl (C=O) groups is 1. The van der Waals surface area contributed by atoms with E-state index in [1.54, 1.807) is 0 Å². The molecule has 3 rings (SSSR count). The second-order valence-corrected chi connectivity index (χ2v) is 6.43. The van der Waals surface area contributed by atoms with Crippen molar-refractivity contribution < 1.29 is 19.2 Å². The number of nitrogens with one attached hydrogen (secondary N) is 1. The normalized spacial score (nSPS) is 15.6. The number of rotatable bonds is 7. The Balaban J connectivity index is 1.75. The molecule has 1 aliphatic rings. The number of carbonyl (C=O) groups excluding carboxylic acids is 1. The van der Waals surface area contributed by atoms with Gasteiger partial charge in [0.15, 0.2) is 5.75 Å².